The Balaban J connectivity index is 1.92. The molecule has 0 bridgehead atoms. The Morgan fingerprint density at radius 1 is 0.800 bits per heavy atom. The van der Waals surface area contributed by atoms with E-state index in [0.29, 0.717) is 15.9 Å². The first-order valence-corrected chi connectivity index (χ1v) is 8.49. The standard InChI is InChI=1S/C20H13Cl2N3/c21-15-6-7-16(17(22)12-15)20-24-18(13-4-2-1-3-5-13)19(25-20)14-8-10-23-11-9-14/h1-12H,(H,24,25). The van der Waals surface area contributed by atoms with Crippen LogP contribution in [0.4, 0.5) is 0 Å². The van der Waals surface area contributed by atoms with Crippen LogP contribution in [0.1, 0.15) is 0 Å². The normalized spacial score (nSPS) is 10.8. The minimum Gasteiger partial charge on any atom is -0.337 e. The first-order chi connectivity index (χ1) is 12.2. The lowest BCUT2D eigenvalue weighted by atomic mass is 10.1. The number of H-pyrrole nitrogens is 1. The third kappa shape index (κ3) is 3.16. The van der Waals surface area contributed by atoms with E-state index in [1.54, 1.807) is 24.5 Å². The molecular formula is C20H13Cl2N3. The molecule has 0 aliphatic carbocycles. The molecule has 0 amide bonds. The fourth-order valence-corrected chi connectivity index (χ4v) is 3.21. The number of pyridine rings is 1. The van der Waals surface area contributed by atoms with Gasteiger partial charge >= 0.3 is 0 Å². The average molecular weight is 366 g/mol. The average Bonchev–Trinajstić information content (AvgIpc) is 3.08. The van der Waals surface area contributed by atoms with Crippen molar-refractivity contribution in [1.29, 1.82) is 0 Å². The van der Waals surface area contributed by atoms with Crippen molar-refractivity contribution in [2.45, 2.75) is 0 Å². The van der Waals surface area contributed by atoms with Crippen LogP contribution in [-0.4, -0.2) is 15.0 Å². The van der Waals surface area contributed by atoms with Crippen LogP contribution in [0.25, 0.3) is 33.9 Å². The Morgan fingerprint density at radius 2 is 1.56 bits per heavy atom. The third-order valence-corrected chi connectivity index (χ3v) is 4.45. The van der Waals surface area contributed by atoms with Gasteiger partial charge in [0.15, 0.2) is 0 Å². The van der Waals surface area contributed by atoms with Crippen molar-refractivity contribution in [1.82, 2.24) is 15.0 Å². The molecular weight excluding hydrogens is 353 g/mol. The van der Waals surface area contributed by atoms with E-state index in [4.69, 9.17) is 28.2 Å². The number of aromatic nitrogens is 3. The SMILES string of the molecule is Clc1ccc(-c2nc(-c3ccccc3)c(-c3ccncc3)[nH]2)c(Cl)c1. The van der Waals surface area contributed by atoms with Crippen LogP contribution in [0.2, 0.25) is 10.0 Å². The molecule has 122 valence electrons. The Hall–Kier alpha value is -2.62. The molecule has 1 N–H and O–H groups in total. The van der Waals surface area contributed by atoms with Crippen LogP contribution in [-0.2, 0) is 0 Å². The number of aromatic amines is 1. The maximum Gasteiger partial charge on any atom is 0.140 e. The summed E-state index contributed by atoms with van der Waals surface area (Å²) in [5.41, 5.74) is 4.64. The topological polar surface area (TPSA) is 41.6 Å². The number of benzene rings is 2. The zero-order valence-electron chi connectivity index (χ0n) is 13.1. The molecule has 0 atom stereocenters. The number of imidazole rings is 1. The van der Waals surface area contributed by atoms with E-state index in [-0.39, 0.29) is 0 Å². The molecule has 3 nitrogen and oxygen atoms in total. The molecule has 0 radical (unpaired) electrons. The highest BCUT2D eigenvalue weighted by molar-refractivity contribution is 6.36. The summed E-state index contributed by atoms with van der Waals surface area (Å²) in [5, 5.41) is 1.15. The van der Waals surface area contributed by atoms with E-state index in [0.717, 1.165) is 28.1 Å². The molecule has 0 aliphatic heterocycles. The van der Waals surface area contributed by atoms with E-state index in [1.807, 2.05) is 48.5 Å². The molecule has 2 aromatic heterocycles. The maximum absolute atomic E-state index is 6.36. The van der Waals surface area contributed by atoms with Gasteiger partial charge in [-0.15, -0.1) is 0 Å². The van der Waals surface area contributed by atoms with Crippen LogP contribution in [0.5, 0.6) is 0 Å². The second kappa shape index (κ2) is 6.71. The van der Waals surface area contributed by atoms with Crippen molar-refractivity contribution in [3.8, 4) is 33.9 Å². The molecule has 0 aliphatic rings. The van der Waals surface area contributed by atoms with Gasteiger partial charge in [0.1, 0.15) is 5.82 Å². The fourth-order valence-electron chi connectivity index (χ4n) is 2.71. The number of nitrogens with zero attached hydrogens (tertiary/aromatic N) is 2. The van der Waals surface area contributed by atoms with Crippen molar-refractivity contribution in [2.75, 3.05) is 0 Å². The Morgan fingerprint density at radius 3 is 2.28 bits per heavy atom. The first kappa shape index (κ1) is 15.9. The van der Waals surface area contributed by atoms with Crippen molar-refractivity contribution < 1.29 is 0 Å². The van der Waals surface area contributed by atoms with Crippen molar-refractivity contribution in [2.24, 2.45) is 0 Å². The number of rotatable bonds is 3. The zero-order valence-corrected chi connectivity index (χ0v) is 14.6. The molecule has 25 heavy (non-hydrogen) atoms. The summed E-state index contributed by atoms with van der Waals surface area (Å²) in [6.07, 6.45) is 3.53. The summed E-state index contributed by atoms with van der Waals surface area (Å²) in [6.45, 7) is 0. The molecule has 0 spiro atoms. The van der Waals surface area contributed by atoms with E-state index >= 15 is 0 Å². The van der Waals surface area contributed by atoms with E-state index in [2.05, 4.69) is 9.97 Å². The van der Waals surface area contributed by atoms with Crippen LogP contribution in [0.15, 0.2) is 73.1 Å². The van der Waals surface area contributed by atoms with Gasteiger partial charge in [-0.3, -0.25) is 4.98 Å². The maximum atomic E-state index is 6.36. The summed E-state index contributed by atoms with van der Waals surface area (Å²) < 4.78 is 0. The van der Waals surface area contributed by atoms with Crippen LogP contribution in [0, 0.1) is 0 Å². The molecule has 0 unspecified atom stereocenters. The molecule has 5 heteroatoms. The summed E-state index contributed by atoms with van der Waals surface area (Å²) in [6, 6.07) is 19.3. The van der Waals surface area contributed by atoms with E-state index < -0.39 is 0 Å². The lowest BCUT2D eigenvalue weighted by Crippen LogP contribution is -1.83. The van der Waals surface area contributed by atoms with Crippen molar-refractivity contribution in [3.05, 3.63) is 83.1 Å². The molecule has 4 aromatic rings. The fraction of sp³-hybridized carbons (Fsp3) is 0. The summed E-state index contributed by atoms with van der Waals surface area (Å²) in [5.74, 6) is 0.701. The summed E-state index contributed by atoms with van der Waals surface area (Å²) >= 11 is 12.4. The highest BCUT2D eigenvalue weighted by Gasteiger charge is 2.16. The lowest BCUT2D eigenvalue weighted by Gasteiger charge is -2.02. The van der Waals surface area contributed by atoms with Crippen molar-refractivity contribution in [3.63, 3.8) is 0 Å². The number of hydrogen-bond donors (Lipinski definition) is 1. The van der Waals surface area contributed by atoms with Gasteiger partial charge in [0.05, 0.1) is 16.4 Å². The van der Waals surface area contributed by atoms with Gasteiger partial charge in [0, 0.05) is 34.1 Å². The Kier molecular flexibility index (Phi) is 4.26. The number of halogens is 2. The van der Waals surface area contributed by atoms with Gasteiger partial charge in [-0.1, -0.05) is 53.5 Å². The van der Waals surface area contributed by atoms with Gasteiger partial charge in [-0.2, -0.15) is 0 Å². The Bertz CT molecular complexity index is 955. The van der Waals surface area contributed by atoms with Crippen LogP contribution >= 0.6 is 23.2 Å². The second-order valence-corrected chi connectivity index (χ2v) is 6.38. The van der Waals surface area contributed by atoms with Gasteiger partial charge in [0.2, 0.25) is 0 Å². The molecule has 2 heterocycles. The van der Waals surface area contributed by atoms with Gasteiger partial charge in [-0.25, -0.2) is 4.98 Å². The largest absolute Gasteiger partial charge is 0.337 e. The predicted octanol–water partition coefficient (Wildman–Crippen LogP) is 6.11. The molecule has 0 saturated carbocycles. The molecule has 0 saturated heterocycles. The second-order valence-electron chi connectivity index (χ2n) is 5.54. The summed E-state index contributed by atoms with van der Waals surface area (Å²) in [7, 11) is 0. The molecule has 2 aromatic carbocycles. The smallest absolute Gasteiger partial charge is 0.140 e. The van der Waals surface area contributed by atoms with E-state index in [9.17, 15) is 0 Å². The first-order valence-electron chi connectivity index (χ1n) is 7.73. The monoisotopic (exact) mass is 365 g/mol. The van der Waals surface area contributed by atoms with Gasteiger partial charge in [-0.05, 0) is 30.3 Å². The lowest BCUT2D eigenvalue weighted by molar-refractivity contribution is 1.30. The zero-order chi connectivity index (χ0) is 17.2. The third-order valence-electron chi connectivity index (χ3n) is 3.91. The molecule has 4 rings (SSSR count). The predicted molar refractivity (Wildman–Crippen MR) is 103 cm³/mol. The highest BCUT2D eigenvalue weighted by Crippen LogP contribution is 2.35. The quantitative estimate of drug-likeness (QED) is 0.475. The highest BCUT2D eigenvalue weighted by atomic mass is 35.5. The minimum absolute atomic E-state index is 0.558. The van der Waals surface area contributed by atoms with Gasteiger partial charge in [0.25, 0.3) is 0 Å². The van der Waals surface area contributed by atoms with Crippen molar-refractivity contribution >= 4 is 23.2 Å². The Labute approximate surface area is 155 Å². The minimum atomic E-state index is 0.558. The summed E-state index contributed by atoms with van der Waals surface area (Å²) in [4.78, 5) is 12.3. The van der Waals surface area contributed by atoms with Crippen LogP contribution in [0.3, 0.4) is 0 Å². The number of nitrogens with one attached hydrogen (secondary N) is 1. The number of hydrogen-bond acceptors (Lipinski definition) is 2. The van der Waals surface area contributed by atoms with Crippen LogP contribution < -0.4 is 0 Å². The molecule has 0 fully saturated rings. The van der Waals surface area contributed by atoms with E-state index in [1.165, 1.54) is 0 Å². The van der Waals surface area contributed by atoms with Gasteiger partial charge < -0.3 is 4.98 Å².